The first-order valence-electron chi connectivity index (χ1n) is 4.49. The molecule has 7 heteroatoms. The zero-order valence-electron chi connectivity index (χ0n) is 8.47. The van der Waals surface area contributed by atoms with Crippen molar-refractivity contribution in [3.05, 3.63) is 33.1 Å². The van der Waals surface area contributed by atoms with Crippen LogP contribution in [0.15, 0.2) is 12.3 Å². The lowest BCUT2D eigenvalue weighted by Gasteiger charge is -2.03. The first-order chi connectivity index (χ1) is 7.56. The Morgan fingerprint density at radius 2 is 2.38 bits per heavy atom. The number of hydrogen-bond donors (Lipinski definition) is 0. The van der Waals surface area contributed by atoms with Gasteiger partial charge in [0, 0.05) is 6.20 Å². The molecule has 0 fully saturated rings. The topological polar surface area (TPSA) is 82.3 Å². The van der Waals surface area contributed by atoms with Gasteiger partial charge < -0.3 is 4.74 Å². The van der Waals surface area contributed by atoms with Gasteiger partial charge in [0.1, 0.15) is 10.7 Å². The van der Waals surface area contributed by atoms with E-state index in [0.29, 0.717) is 0 Å². The maximum absolute atomic E-state index is 11.2. The summed E-state index contributed by atoms with van der Waals surface area (Å²) in [6.07, 6.45) is 1.05. The summed E-state index contributed by atoms with van der Waals surface area (Å²) in [5.41, 5.74) is -0.340. The molecule has 1 aromatic rings. The summed E-state index contributed by atoms with van der Waals surface area (Å²) in [5, 5.41) is 10.7. The third kappa shape index (κ3) is 2.90. The molecule has 1 aromatic heterocycles. The summed E-state index contributed by atoms with van der Waals surface area (Å²) >= 11 is 5.65. The number of pyridine rings is 1. The van der Waals surface area contributed by atoms with Crippen LogP contribution in [0.25, 0.3) is 0 Å². The lowest BCUT2D eigenvalue weighted by molar-refractivity contribution is -0.385. The molecule has 1 heterocycles. The standard InChI is InChI=1S/C9H9ClN2O4/c1-2-16-8(13)5-7-9(12(14)15)6(10)3-4-11-7/h3-4H,2,5H2,1H3. The Hall–Kier alpha value is -1.69. The lowest BCUT2D eigenvalue weighted by Crippen LogP contribution is -2.10. The van der Waals surface area contributed by atoms with Gasteiger partial charge in [0.2, 0.25) is 0 Å². The molecule has 0 saturated heterocycles. The molecule has 0 aliphatic heterocycles. The number of ether oxygens (including phenoxy) is 1. The minimum absolute atomic E-state index is 0.0101. The SMILES string of the molecule is CCOC(=O)Cc1nccc(Cl)c1[N+](=O)[O-]. The van der Waals surface area contributed by atoms with Crippen molar-refractivity contribution in [2.24, 2.45) is 0 Å². The number of carbonyl (C=O) groups is 1. The van der Waals surface area contributed by atoms with E-state index < -0.39 is 10.9 Å². The Kier molecular flexibility index (Phi) is 4.19. The van der Waals surface area contributed by atoms with Crippen LogP contribution >= 0.6 is 11.6 Å². The normalized spacial score (nSPS) is 9.88. The monoisotopic (exact) mass is 244 g/mol. The molecular weight excluding hydrogens is 236 g/mol. The maximum atomic E-state index is 11.2. The van der Waals surface area contributed by atoms with E-state index in [2.05, 4.69) is 9.72 Å². The van der Waals surface area contributed by atoms with Gasteiger partial charge in [0.25, 0.3) is 0 Å². The van der Waals surface area contributed by atoms with Crippen LogP contribution in [0.1, 0.15) is 12.6 Å². The van der Waals surface area contributed by atoms with E-state index in [-0.39, 0.29) is 29.4 Å². The van der Waals surface area contributed by atoms with Gasteiger partial charge in [-0.25, -0.2) is 0 Å². The quantitative estimate of drug-likeness (QED) is 0.458. The first kappa shape index (κ1) is 12.4. The van der Waals surface area contributed by atoms with Crippen LogP contribution in [-0.4, -0.2) is 22.5 Å². The molecule has 6 nitrogen and oxygen atoms in total. The number of rotatable bonds is 4. The van der Waals surface area contributed by atoms with E-state index in [9.17, 15) is 14.9 Å². The number of esters is 1. The second-order valence-electron chi connectivity index (χ2n) is 2.83. The van der Waals surface area contributed by atoms with E-state index in [1.165, 1.54) is 12.3 Å². The highest BCUT2D eigenvalue weighted by Gasteiger charge is 2.22. The van der Waals surface area contributed by atoms with Gasteiger partial charge in [-0.15, -0.1) is 0 Å². The molecule has 16 heavy (non-hydrogen) atoms. The summed E-state index contributed by atoms with van der Waals surface area (Å²) in [7, 11) is 0. The number of nitrogens with zero attached hydrogens (tertiary/aromatic N) is 2. The maximum Gasteiger partial charge on any atom is 0.312 e. The van der Waals surface area contributed by atoms with Crippen molar-refractivity contribution < 1.29 is 14.5 Å². The number of halogens is 1. The highest BCUT2D eigenvalue weighted by atomic mass is 35.5. The Bertz CT molecular complexity index is 422. The molecule has 1 rings (SSSR count). The van der Waals surface area contributed by atoms with E-state index in [1.807, 2.05) is 0 Å². The molecule has 0 spiro atoms. The van der Waals surface area contributed by atoms with E-state index in [0.717, 1.165) is 0 Å². The molecule has 0 saturated carbocycles. The van der Waals surface area contributed by atoms with Gasteiger partial charge in [0.05, 0.1) is 18.0 Å². The second-order valence-corrected chi connectivity index (χ2v) is 3.23. The molecule has 0 atom stereocenters. The third-order valence-corrected chi connectivity index (χ3v) is 2.06. The van der Waals surface area contributed by atoms with E-state index in [1.54, 1.807) is 6.92 Å². The lowest BCUT2D eigenvalue weighted by atomic mass is 10.2. The van der Waals surface area contributed by atoms with Crippen LogP contribution in [-0.2, 0) is 16.0 Å². The van der Waals surface area contributed by atoms with Crippen LogP contribution in [0.2, 0.25) is 5.02 Å². The zero-order valence-corrected chi connectivity index (χ0v) is 9.23. The fourth-order valence-corrected chi connectivity index (χ4v) is 1.38. The first-order valence-corrected chi connectivity index (χ1v) is 4.87. The van der Waals surface area contributed by atoms with Crippen molar-refractivity contribution in [2.75, 3.05) is 6.61 Å². The molecule has 0 aliphatic rings. The third-order valence-electron chi connectivity index (χ3n) is 1.75. The molecule has 0 unspecified atom stereocenters. The summed E-state index contributed by atoms with van der Waals surface area (Å²) in [6, 6.07) is 1.30. The van der Waals surface area contributed by atoms with E-state index >= 15 is 0 Å². The van der Waals surface area contributed by atoms with Crippen LogP contribution < -0.4 is 0 Å². The molecule has 0 bridgehead atoms. The van der Waals surface area contributed by atoms with Crippen LogP contribution in [0.5, 0.6) is 0 Å². The Morgan fingerprint density at radius 1 is 1.69 bits per heavy atom. The van der Waals surface area contributed by atoms with Gasteiger partial charge in [0.15, 0.2) is 0 Å². The average Bonchev–Trinajstić information content (AvgIpc) is 2.17. The zero-order chi connectivity index (χ0) is 12.1. The highest BCUT2D eigenvalue weighted by Crippen LogP contribution is 2.26. The van der Waals surface area contributed by atoms with E-state index in [4.69, 9.17) is 11.6 Å². The smallest absolute Gasteiger partial charge is 0.312 e. The largest absolute Gasteiger partial charge is 0.466 e. The molecule has 0 N–H and O–H groups in total. The number of carbonyl (C=O) groups excluding carboxylic acids is 1. The second kappa shape index (κ2) is 5.41. The summed E-state index contributed by atoms with van der Waals surface area (Å²) in [4.78, 5) is 25.0. The van der Waals surface area contributed by atoms with Gasteiger partial charge in [-0.3, -0.25) is 19.9 Å². The fraction of sp³-hybridized carbons (Fsp3) is 0.333. The Labute approximate surface area is 96.3 Å². The minimum atomic E-state index is -0.663. The van der Waals surface area contributed by atoms with Gasteiger partial charge >= 0.3 is 11.7 Å². The predicted molar refractivity (Wildman–Crippen MR) is 56.2 cm³/mol. The highest BCUT2D eigenvalue weighted by molar-refractivity contribution is 6.32. The van der Waals surface area contributed by atoms with Gasteiger partial charge in [-0.2, -0.15) is 0 Å². The number of hydrogen-bond acceptors (Lipinski definition) is 5. The van der Waals surface area contributed by atoms with Crippen molar-refractivity contribution >= 4 is 23.3 Å². The van der Waals surface area contributed by atoms with Crippen LogP contribution in [0.4, 0.5) is 5.69 Å². The molecule has 0 aliphatic carbocycles. The van der Waals surface area contributed by atoms with Crippen LogP contribution in [0.3, 0.4) is 0 Å². The summed E-state index contributed by atoms with van der Waals surface area (Å²) in [5.74, 6) is -0.569. The molecule has 0 radical (unpaired) electrons. The summed E-state index contributed by atoms with van der Waals surface area (Å²) < 4.78 is 4.68. The van der Waals surface area contributed by atoms with Crippen molar-refractivity contribution in [2.45, 2.75) is 13.3 Å². The van der Waals surface area contributed by atoms with Gasteiger partial charge in [-0.1, -0.05) is 11.6 Å². The van der Waals surface area contributed by atoms with Gasteiger partial charge in [-0.05, 0) is 13.0 Å². The predicted octanol–water partition coefficient (Wildman–Crippen LogP) is 1.75. The fourth-order valence-electron chi connectivity index (χ4n) is 1.14. The molecule has 0 aromatic carbocycles. The van der Waals surface area contributed by atoms with Crippen molar-refractivity contribution in [3.8, 4) is 0 Å². The number of nitro groups is 1. The average molecular weight is 245 g/mol. The number of aromatic nitrogens is 1. The summed E-state index contributed by atoms with van der Waals surface area (Å²) in [6.45, 7) is 1.87. The van der Waals surface area contributed by atoms with Crippen molar-refractivity contribution in [1.82, 2.24) is 4.98 Å². The van der Waals surface area contributed by atoms with Crippen LogP contribution in [0, 0.1) is 10.1 Å². The minimum Gasteiger partial charge on any atom is -0.466 e. The molecule has 86 valence electrons. The molecule has 0 amide bonds. The van der Waals surface area contributed by atoms with Crippen molar-refractivity contribution in [1.29, 1.82) is 0 Å². The Balaban J connectivity index is 3.00. The Morgan fingerprint density at radius 3 is 2.94 bits per heavy atom. The van der Waals surface area contributed by atoms with Crippen molar-refractivity contribution in [3.63, 3.8) is 0 Å². The molecular formula is C9H9ClN2O4.